The van der Waals surface area contributed by atoms with E-state index in [-0.39, 0.29) is 0 Å². The molecule has 1 aliphatic heterocycles. The monoisotopic (exact) mass is 321 g/mol. The zero-order chi connectivity index (χ0) is 16.7. The van der Waals surface area contributed by atoms with Crippen molar-refractivity contribution in [2.75, 3.05) is 40.5 Å². The van der Waals surface area contributed by atoms with E-state index in [1.807, 2.05) is 18.2 Å². The van der Waals surface area contributed by atoms with E-state index in [1.54, 1.807) is 14.2 Å². The molecule has 130 valence electrons. The Morgan fingerprint density at radius 2 is 1.74 bits per heavy atom. The summed E-state index contributed by atoms with van der Waals surface area (Å²) in [6.07, 6.45) is 3.54. The lowest BCUT2D eigenvalue weighted by atomic mass is 9.88. The Morgan fingerprint density at radius 3 is 2.35 bits per heavy atom. The van der Waals surface area contributed by atoms with Crippen LogP contribution in [0.4, 0.5) is 0 Å². The molecular weight excluding hydrogens is 290 g/mol. The molecule has 0 radical (unpaired) electrons. The standard InChI is InChI=1S/C19H31NO3/c1-15-10-12-20(14-16(15)2)11-5-6-13-23-19-17(21-3)8-7-9-18(19)22-4/h7-9,15-16H,5-6,10-14H2,1-4H3/t15-,16+/m1/s1. The first-order valence-electron chi connectivity index (χ1n) is 8.71. The molecule has 1 aromatic rings. The molecular formula is C19H31NO3. The van der Waals surface area contributed by atoms with Crippen molar-refractivity contribution in [3.05, 3.63) is 18.2 Å². The molecule has 1 aliphatic rings. The number of ether oxygens (including phenoxy) is 3. The Bertz CT molecular complexity index is 455. The summed E-state index contributed by atoms with van der Waals surface area (Å²) in [4.78, 5) is 2.59. The quantitative estimate of drug-likeness (QED) is 0.681. The number of nitrogens with zero attached hydrogens (tertiary/aromatic N) is 1. The number of unbranched alkanes of at least 4 members (excludes halogenated alkanes) is 1. The largest absolute Gasteiger partial charge is 0.493 e. The highest BCUT2D eigenvalue weighted by Crippen LogP contribution is 2.36. The van der Waals surface area contributed by atoms with E-state index in [1.165, 1.54) is 32.5 Å². The van der Waals surface area contributed by atoms with Crippen LogP contribution in [0.2, 0.25) is 0 Å². The van der Waals surface area contributed by atoms with Crippen LogP contribution in [-0.2, 0) is 0 Å². The zero-order valence-corrected chi connectivity index (χ0v) is 15.0. The van der Waals surface area contributed by atoms with Gasteiger partial charge in [-0.1, -0.05) is 19.9 Å². The molecule has 0 aliphatic carbocycles. The molecule has 23 heavy (non-hydrogen) atoms. The second-order valence-electron chi connectivity index (χ2n) is 6.59. The van der Waals surface area contributed by atoms with Crippen molar-refractivity contribution in [3.8, 4) is 17.2 Å². The smallest absolute Gasteiger partial charge is 0.203 e. The fourth-order valence-corrected chi connectivity index (χ4v) is 3.12. The van der Waals surface area contributed by atoms with E-state index in [9.17, 15) is 0 Å². The highest BCUT2D eigenvalue weighted by molar-refractivity contribution is 5.51. The van der Waals surface area contributed by atoms with Crippen LogP contribution in [0.5, 0.6) is 17.2 Å². The van der Waals surface area contributed by atoms with Crippen LogP contribution in [0.3, 0.4) is 0 Å². The van der Waals surface area contributed by atoms with Gasteiger partial charge in [0.2, 0.25) is 5.75 Å². The SMILES string of the molecule is COc1cccc(OC)c1OCCCCN1CC[C@@H](C)[C@@H](C)C1. The van der Waals surface area contributed by atoms with Gasteiger partial charge in [-0.15, -0.1) is 0 Å². The third kappa shape index (κ3) is 5.03. The fraction of sp³-hybridized carbons (Fsp3) is 0.684. The first kappa shape index (κ1) is 17.9. The maximum Gasteiger partial charge on any atom is 0.203 e. The van der Waals surface area contributed by atoms with E-state index in [4.69, 9.17) is 14.2 Å². The van der Waals surface area contributed by atoms with Gasteiger partial charge >= 0.3 is 0 Å². The lowest BCUT2D eigenvalue weighted by Crippen LogP contribution is -2.38. The molecule has 1 fully saturated rings. The van der Waals surface area contributed by atoms with Crippen molar-refractivity contribution in [1.82, 2.24) is 4.90 Å². The van der Waals surface area contributed by atoms with Crippen molar-refractivity contribution >= 4 is 0 Å². The highest BCUT2D eigenvalue weighted by atomic mass is 16.5. The highest BCUT2D eigenvalue weighted by Gasteiger charge is 2.21. The molecule has 0 bridgehead atoms. The average Bonchev–Trinajstić information content (AvgIpc) is 2.57. The number of likely N-dealkylation sites (tertiary alicyclic amines) is 1. The molecule has 0 saturated carbocycles. The Kier molecular flexibility index (Phi) is 7.03. The minimum absolute atomic E-state index is 0.691. The Hall–Kier alpha value is -1.42. The number of piperidine rings is 1. The van der Waals surface area contributed by atoms with E-state index in [2.05, 4.69) is 18.7 Å². The van der Waals surface area contributed by atoms with Gasteiger partial charge in [0.25, 0.3) is 0 Å². The van der Waals surface area contributed by atoms with Crippen molar-refractivity contribution < 1.29 is 14.2 Å². The maximum atomic E-state index is 5.91. The minimum atomic E-state index is 0.691. The number of methoxy groups -OCH3 is 2. The predicted octanol–water partition coefficient (Wildman–Crippen LogP) is 3.84. The first-order chi connectivity index (χ1) is 11.2. The van der Waals surface area contributed by atoms with E-state index in [0.29, 0.717) is 12.4 Å². The van der Waals surface area contributed by atoms with Gasteiger partial charge in [-0.3, -0.25) is 0 Å². The summed E-state index contributed by atoms with van der Waals surface area (Å²) in [6.45, 7) is 9.08. The van der Waals surface area contributed by atoms with E-state index < -0.39 is 0 Å². The second-order valence-corrected chi connectivity index (χ2v) is 6.59. The molecule has 1 aromatic carbocycles. The fourth-order valence-electron chi connectivity index (χ4n) is 3.12. The summed E-state index contributed by atoms with van der Waals surface area (Å²) in [5.41, 5.74) is 0. The predicted molar refractivity (Wildman–Crippen MR) is 93.7 cm³/mol. The third-order valence-electron chi connectivity index (χ3n) is 4.92. The lowest BCUT2D eigenvalue weighted by molar-refractivity contribution is 0.134. The molecule has 1 saturated heterocycles. The minimum Gasteiger partial charge on any atom is -0.493 e. The van der Waals surface area contributed by atoms with Gasteiger partial charge < -0.3 is 19.1 Å². The summed E-state index contributed by atoms with van der Waals surface area (Å²) in [7, 11) is 3.31. The number of para-hydroxylation sites is 1. The Morgan fingerprint density at radius 1 is 1.04 bits per heavy atom. The van der Waals surface area contributed by atoms with Gasteiger partial charge in [0.15, 0.2) is 11.5 Å². The van der Waals surface area contributed by atoms with Crippen molar-refractivity contribution in [3.63, 3.8) is 0 Å². The molecule has 0 spiro atoms. The number of hydrogen-bond acceptors (Lipinski definition) is 4. The molecule has 0 amide bonds. The van der Waals surface area contributed by atoms with Gasteiger partial charge in [0, 0.05) is 6.54 Å². The molecule has 4 nitrogen and oxygen atoms in total. The van der Waals surface area contributed by atoms with E-state index >= 15 is 0 Å². The zero-order valence-electron chi connectivity index (χ0n) is 15.0. The van der Waals surface area contributed by atoms with Crippen LogP contribution in [-0.4, -0.2) is 45.4 Å². The first-order valence-corrected chi connectivity index (χ1v) is 8.71. The van der Waals surface area contributed by atoms with Gasteiger partial charge in [-0.25, -0.2) is 0 Å². The molecule has 1 heterocycles. The van der Waals surface area contributed by atoms with Gasteiger partial charge in [-0.2, -0.15) is 0 Å². The van der Waals surface area contributed by atoms with Crippen LogP contribution in [0, 0.1) is 11.8 Å². The van der Waals surface area contributed by atoms with Crippen molar-refractivity contribution in [1.29, 1.82) is 0 Å². The number of rotatable bonds is 8. The Labute approximate surface area is 140 Å². The maximum absolute atomic E-state index is 5.91. The summed E-state index contributed by atoms with van der Waals surface area (Å²) < 4.78 is 16.6. The molecule has 0 aromatic heterocycles. The topological polar surface area (TPSA) is 30.9 Å². The second kappa shape index (κ2) is 9.02. The lowest BCUT2D eigenvalue weighted by Gasteiger charge is -2.35. The van der Waals surface area contributed by atoms with Gasteiger partial charge in [-0.05, 0) is 56.3 Å². The third-order valence-corrected chi connectivity index (χ3v) is 4.92. The van der Waals surface area contributed by atoms with Crippen LogP contribution in [0.1, 0.15) is 33.1 Å². The summed E-state index contributed by atoms with van der Waals surface area (Å²) >= 11 is 0. The summed E-state index contributed by atoms with van der Waals surface area (Å²) in [5.74, 6) is 3.84. The number of hydrogen-bond donors (Lipinski definition) is 0. The molecule has 2 atom stereocenters. The van der Waals surface area contributed by atoms with Crippen LogP contribution < -0.4 is 14.2 Å². The van der Waals surface area contributed by atoms with Crippen LogP contribution in [0.25, 0.3) is 0 Å². The number of benzene rings is 1. The molecule has 0 N–H and O–H groups in total. The summed E-state index contributed by atoms with van der Waals surface area (Å²) in [5, 5.41) is 0. The summed E-state index contributed by atoms with van der Waals surface area (Å²) in [6, 6.07) is 5.70. The average molecular weight is 321 g/mol. The van der Waals surface area contributed by atoms with Gasteiger partial charge in [0.1, 0.15) is 0 Å². The van der Waals surface area contributed by atoms with Crippen LogP contribution >= 0.6 is 0 Å². The molecule has 2 rings (SSSR count). The normalized spacial score (nSPS) is 21.9. The Balaban J connectivity index is 1.72. The van der Waals surface area contributed by atoms with Gasteiger partial charge in [0.05, 0.1) is 20.8 Å². The van der Waals surface area contributed by atoms with Crippen LogP contribution in [0.15, 0.2) is 18.2 Å². The van der Waals surface area contributed by atoms with E-state index in [0.717, 1.165) is 29.8 Å². The molecule has 4 heteroatoms. The van der Waals surface area contributed by atoms with Crippen molar-refractivity contribution in [2.45, 2.75) is 33.1 Å². The van der Waals surface area contributed by atoms with Crippen molar-refractivity contribution in [2.24, 2.45) is 11.8 Å². The molecule has 0 unspecified atom stereocenters.